The molecule has 1 saturated heterocycles. The molecule has 1 aromatic carbocycles. The second-order valence-corrected chi connectivity index (χ2v) is 6.48. The van der Waals surface area contributed by atoms with Gasteiger partial charge in [-0.05, 0) is 30.9 Å². The first-order chi connectivity index (χ1) is 12.8. The highest BCUT2D eigenvalue weighted by Crippen LogP contribution is 2.26. The summed E-state index contributed by atoms with van der Waals surface area (Å²) in [7, 11) is 0. The van der Waals surface area contributed by atoms with E-state index in [9.17, 15) is 23.2 Å². The van der Waals surface area contributed by atoms with Crippen LogP contribution in [0.25, 0.3) is 0 Å². The lowest BCUT2D eigenvalue weighted by molar-refractivity contribution is -0.138. The van der Waals surface area contributed by atoms with Gasteiger partial charge in [-0.1, -0.05) is 19.1 Å². The minimum absolute atomic E-state index is 0.0308. The van der Waals surface area contributed by atoms with Crippen LogP contribution in [0.2, 0.25) is 0 Å². The van der Waals surface area contributed by atoms with Gasteiger partial charge in [-0.2, -0.15) is 8.78 Å². The van der Waals surface area contributed by atoms with Gasteiger partial charge in [0.25, 0.3) is 5.91 Å². The first kappa shape index (κ1) is 20.6. The molecule has 2 unspecified atom stereocenters. The van der Waals surface area contributed by atoms with E-state index >= 15 is 0 Å². The van der Waals surface area contributed by atoms with E-state index in [1.54, 1.807) is 6.92 Å². The lowest BCUT2D eigenvalue weighted by Gasteiger charge is -2.25. The number of aliphatic carboxylic acids is 1. The van der Waals surface area contributed by atoms with E-state index in [1.807, 2.05) is 0 Å². The fourth-order valence-electron chi connectivity index (χ4n) is 3.04. The molecule has 1 aliphatic heterocycles. The van der Waals surface area contributed by atoms with Crippen LogP contribution in [0.1, 0.15) is 36.5 Å². The van der Waals surface area contributed by atoms with Gasteiger partial charge in [-0.25, -0.2) is 0 Å². The van der Waals surface area contributed by atoms with E-state index in [4.69, 9.17) is 5.11 Å². The molecule has 2 amide bonds. The number of nitrogens with zero attached hydrogens (tertiary/aromatic N) is 1. The second kappa shape index (κ2) is 9.29. The number of nitrogens with one attached hydrogen (secondary N) is 1. The normalized spacial score (nSPS) is 17.6. The zero-order chi connectivity index (χ0) is 20.0. The number of rotatable bonds is 8. The molecular formula is C18H22F2N2O5. The smallest absolute Gasteiger partial charge is 0.387 e. The highest BCUT2D eigenvalue weighted by Gasteiger charge is 2.35. The van der Waals surface area contributed by atoms with Crippen LogP contribution in [0.15, 0.2) is 24.3 Å². The molecule has 0 saturated carbocycles. The number of halogens is 2. The van der Waals surface area contributed by atoms with Crippen LogP contribution in [0.4, 0.5) is 8.78 Å². The summed E-state index contributed by atoms with van der Waals surface area (Å²) in [6.07, 6.45) is 0.973. The number of ether oxygens (including phenoxy) is 1. The molecule has 0 radical (unpaired) electrons. The van der Waals surface area contributed by atoms with Crippen molar-refractivity contribution in [3.8, 4) is 5.75 Å². The van der Waals surface area contributed by atoms with Gasteiger partial charge in [0.05, 0.1) is 5.56 Å². The van der Waals surface area contributed by atoms with Crippen LogP contribution in [-0.4, -0.2) is 53.5 Å². The lowest BCUT2D eigenvalue weighted by Crippen LogP contribution is -2.47. The van der Waals surface area contributed by atoms with Crippen molar-refractivity contribution in [3.05, 3.63) is 29.8 Å². The molecule has 27 heavy (non-hydrogen) atoms. The third kappa shape index (κ3) is 5.63. The summed E-state index contributed by atoms with van der Waals surface area (Å²) in [4.78, 5) is 37.3. The number of alkyl halides is 2. The number of benzene rings is 1. The molecule has 1 aromatic rings. The van der Waals surface area contributed by atoms with Crippen molar-refractivity contribution in [1.82, 2.24) is 10.2 Å². The van der Waals surface area contributed by atoms with Crippen molar-refractivity contribution in [2.24, 2.45) is 5.92 Å². The van der Waals surface area contributed by atoms with Crippen LogP contribution in [0.5, 0.6) is 5.75 Å². The van der Waals surface area contributed by atoms with Gasteiger partial charge in [0.2, 0.25) is 5.91 Å². The number of carboxylic acid groups (broad SMARTS) is 1. The average molecular weight is 384 g/mol. The molecule has 1 aliphatic rings. The molecule has 0 spiro atoms. The van der Waals surface area contributed by atoms with E-state index < -0.39 is 24.5 Å². The number of hydrogen-bond acceptors (Lipinski definition) is 4. The third-order valence-corrected chi connectivity index (χ3v) is 4.30. The topological polar surface area (TPSA) is 95.9 Å². The summed E-state index contributed by atoms with van der Waals surface area (Å²) in [5.74, 6) is -2.38. The van der Waals surface area contributed by atoms with Gasteiger partial charge in [-0.15, -0.1) is 0 Å². The highest BCUT2D eigenvalue weighted by molar-refractivity contribution is 6.00. The number of likely N-dealkylation sites (tertiary alicyclic amines) is 1. The second-order valence-electron chi connectivity index (χ2n) is 6.48. The predicted octanol–water partition coefficient (Wildman–Crippen LogP) is 2.12. The van der Waals surface area contributed by atoms with Crippen molar-refractivity contribution < 1.29 is 33.0 Å². The summed E-state index contributed by atoms with van der Waals surface area (Å²) < 4.78 is 29.5. The van der Waals surface area contributed by atoms with Gasteiger partial charge in [0, 0.05) is 19.5 Å². The zero-order valence-corrected chi connectivity index (χ0v) is 14.9. The average Bonchev–Trinajstić information content (AvgIpc) is 3.08. The van der Waals surface area contributed by atoms with Crippen molar-refractivity contribution in [1.29, 1.82) is 0 Å². The number of hydrogen-bond donors (Lipinski definition) is 2. The Morgan fingerprint density at radius 3 is 2.70 bits per heavy atom. The summed E-state index contributed by atoms with van der Waals surface area (Å²) in [5, 5.41) is 11.4. The van der Waals surface area contributed by atoms with Crippen molar-refractivity contribution >= 4 is 17.8 Å². The van der Waals surface area contributed by atoms with Gasteiger partial charge >= 0.3 is 12.6 Å². The van der Waals surface area contributed by atoms with E-state index in [1.165, 1.54) is 29.2 Å². The minimum atomic E-state index is -3.06. The molecule has 2 rings (SSSR count). The largest absolute Gasteiger partial charge is 0.481 e. The first-order valence-electron chi connectivity index (χ1n) is 8.64. The van der Waals surface area contributed by atoms with Crippen molar-refractivity contribution in [2.75, 3.05) is 13.1 Å². The van der Waals surface area contributed by atoms with E-state index in [2.05, 4.69) is 10.1 Å². The van der Waals surface area contributed by atoms with E-state index in [0.717, 1.165) is 0 Å². The van der Waals surface area contributed by atoms with Gasteiger partial charge in [-0.3, -0.25) is 14.4 Å². The Morgan fingerprint density at radius 1 is 1.33 bits per heavy atom. The Hall–Kier alpha value is -2.71. The maximum Gasteiger partial charge on any atom is 0.387 e. The number of carbonyl (C=O) groups is 3. The Balaban J connectivity index is 2.06. The molecule has 9 heteroatoms. The molecule has 1 fully saturated rings. The number of amides is 2. The number of carboxylic acids is 1. The lowest BCUT2D eigenvalue weighted by atomic mass is 10.1. The Kier molecular flexibility index (Phi) is 7.09. The standard InChI is InChI=1S/C18H22F2N2O5/c1-11(9-15(23)24)10-21-16(25)13-6-4-8-22(13)17(26)12-5-2-3-7-14(12)27-18(19)20/h2-3,5,7,11,13,18H,4,6,8-10H2,1H3,(H,21,25)(H,23,24). The molecule has 0 aliphatic carbocycles. The Bertz CT molecular complexity index is 698. The maximum absolute atomic E-state index is 12.8. The van der Waals surface area contributed by atoms with Gasteiger partial charge < -0.3 is 20.1 Å². The highest BCUT2D eigenvalue weighted by atomic mass is 19.3. The van der Waals surface area contributed by atoms with Crippen LogP contribution in [-0.2, 0) is 9.59 Å². The quantitative estimate of drug-likeness (QED) is 0.716. The summed E-state index contributed by atoms with van der Waals surface area (Å²) >= 11 is 0. The Morgan fingerprint density at radius 2 is 2.04 bits per heavy atom. The summed E-state index contributed by atoms with van der Waals surface area (Å²) in [6.45, 7) is -0.865. The van der Waals surface area contributed by atoms with E-state index in [-0.39, 0.29) is 36.1 Å². The Labute approximate surface area is 155 Å². The molecule has 0 bridgehead atoms. The van der Waals surface area contributed by atoms with Crippen LogP contribution >= 0.6 is 0 Å². The van der Waals surface area contributed by atoms with Crippen LogP contribution < -0.4 is 10.1 Å². The number of para-hydroxylation sites is 1. The van der Waals surface area contributed by atoms with Gasteiger partial charge in [0.15, 0.2) is 0 Å². The zero-order valence-electron chi connectivity index (χ0n) is 14.9. The molecule has 2 atom stereocenters. The maximum atomic E-state index is 12.8. The SMILES string of the molecule is CC(CNC(=O)C1CCCN1C(=O)c1ccccc1OC(F)F)CC(=O)O. The molecule has 7 nitrogen and oxygen atoms in total. The molecule has 148 valence electrons. The van der Waals surface area contributed by atoms with E-state index in [0.29, 0.717) is 19.4 Å². The number of carbonyl (C=O) groups excluding carboxylic acids is 2. The molecule has 2 N–H and O–H groups in total. The monoisotopic (exact) mass is 384 g/mol. The fraction of sp³-hybridized carbons (Fsp3) is 0.500. The van der Waals surface area contributed by atoms with Gasteiger partial charge in [0.1, 0.15) is 11.8 Å². The fourth-order valence-corrected chi connectivity index (χ4v) is 3.04. The molecule has 1 heterocycles. The van der Waals surface area contributed by atoms with Crippen LogP contribution in [0.3, 0.4) is 0 Å². The van der Waals surface area contributed by atoms with Crippen molar-refractivity contribution in [2.45, 2.75) is 38.8 Å². The summed E-state index contributed by atoms with van der Waals surface area (Å²) in [6, 6.07) is 4.94. The van der Waals surface area contributed by atoms with Crippen LogP contribution in [0, 0.1) is 5.92 Å². The minimum Gasteiger partial charge on any atom is -0.481 e. The first-order valence-corrected chi connectivity index (χ1v) is 8.64. The molecule has 0 aromatic heterocycles. The predicted molar refractivity (Wildman–Crippen MR) is 91.6 cm³/mol. The molecular weight excluding hydrogens is 362 g/mol. The van der Waals surface area contributed by atoms with Crippen molar-refractivity contribution in [3.63, 3.8) is 0 Å². The summed E-state index contributed by atoms with van der Waals surface area (Å²) in [5.41, 5.74) is -0.0308. The third-order valence-electron chi connectivity index (χ3n) is 4.30.